The minimum absolute atomic E-state index is 0.0497. The van der Waals surface area contributed by atoms with E-state index in [-0.39, 0.29) is 17.0 Å². The Morgan fingerprint density at radius 2 is 2.12 bits per heavy atom. The van der Waals surface area contributed by atoms with Crippen molar-refractivity contribution < 1.29 is 14.7 Å². The highest BCUT2D eigenvalue weighted by Crippen LogP contribution is 2.18. The first kappa shape index (κ1) is 12.3. The van der Waals surface area contributed by atoms with Crippen LogP contribution in [-0.4, -0.2) is 17.0 Å². The van der Waals surface area contributed by atoms with Gasteiger partial charge in [-0.2, -0.15) is 0 Å². The Bertz CT molecular complexity index is 455. The summed E-state index contributed by atoms with van der Waals surface area (Å²) in [4.78, 5) is 21.1. The Hall–Kier alpha value is -1.81. The molecule has 1 amide bonds. The van der Waals surface area contributed by atoms with Crippen molar-refractivity contribution >= 4 is 29.6 Å². The Morgan fingerprint density at radius 1 is 1.44 bits per heavy atom. The lowest BCUT2D eigenvalue weighted by Crippen LogP contribution is -2.07. The largest absolute Gasteiger partial charge is 0.478 e. The molecule has 1 rings (SSSR count). The van der Waals surface area contributed by atoms with Gasteiger partial charge in [0, 0.05) is 6.42 Å². The molecule has 0 saturated carbocycles. The molecule has 0 heterocycles. The molecule has 84 valence electrons. The van der Waals surface area contributed by atoms with Gasteiger partial charge in [-0.15, -0.1) is 0 Å². The first-order chi connectivity index (χ1) is 7.50. The molecule has 0 saturated heterocycles. The Kier molecular flexibility index (Phi) is 4.08. The van der Waals surface area contributed by atoms with Crippen molar-refractivity contribution in [3.05, 3.63) is 40.4 Å². The van der Waals surface area contributed by atoms with Gasteiger partial charge in [-0.05, 0) is 17.7 Å². The number of aromatic carboxylic acids is 1. The first-order valence-corrected chi connectivity index (χ1v) is 4.86. The van der Waals surface area contributed by atoms with Crippen molar-refractivity contribution in [3.8, 4) is 0 Å². The van der Waals surface area contributed by atoms with Crippen molar-refractivity contribution in [2.24, 2.45) is 5.73 Å². The predicted octanol–water partition coefficient (Wildman–Crippen LogP) is 1.93. The number of carbonyl (C=O) groups excluding carboxylic acids is 1. The van der Waals surface area contributed by atoms with Crippen LogP contribution in [0.25, 0.3) is 6.08 Å². The summed E-state index contributed by atoms with van der Waals surface area (Å²) in [5.74, 6) is -1.50. The minimum Gasteiger partial charge on any atom is -0.478 e. The Balaban J connectivity index is 2.85. The van der Waals surface area contributed by atoms with Crippen molar-refractivity contribution in [1.82, 2.24) is 0 Å². The Morgan fingerprint density at radius 3 is 2.62 bits per heavy atom. The molecule has 0 aliphatic rings. The van der Waals surface area contributed by atoms with Gasteiger partial charge in [-0.1, -0.05) is 29.8 Å². The highest BCUT2D eigenvalue weighted by Gasteiger charge is 2.07. The van der Waals surface area contributed by atoms with Crippen molar-refractivity contribution in [2.45, 2.75) is 6.42 Å². The molecule has 5 heteroatoms. The molecule has 0 aromatic heterocycles. The maximum absolute atomic E-state index is 10.7. The smallest absolute Gasteiger partial charge is 0.337 e. The van der Waals surface area contributed by atoms with Crippen molar-refractivity contribution in [3.63, 3.8) is 0 Å². The summed E-state index contributed by atoms with van der Waals surface area (Å²) in [6.45, 7) is 0. The second-order valence-corrected chi connectivity index (χ2v) is 3.52. The van der Waals surface area contributed by atoms with Gasteiger partial charge >= 0.3 is 5.97 Å². The topological polar surface area (TPSA) is 80.4 Å². The predicted molar refractivity (Wildman–Crippen MR) is 61.3 cm³/mol. The van der Waals surface area contributed by atoms with E-state index < -0.39 is 11.9 Å². The number of carboxylic acid groups (broad SMARTS) is 1. The van der Waals surface area contributed by atoms with E-state index in [2.05, 4.69) is 0 Å². The number of carboxylic acids is 1. The van der Waals surface area contributed by atoms with Crippen LogP contribution >= 0.6 is 11.6 Å². The SMILES string of the molecule is NC(=O)CC=Cc1ccc(C(=O)O)c(Cl)c1. The van der Waals surface area contributed by atoms with Gasteiger partial charge in [0.25, 0.3) is 0 Å². The van der Waals surface area contributed by atoms with Gasteiger partial charge in [0.2, 0.25) is 5.91 Å². The number of amides is 1. The van der Waals surface area contributed by atoms with Gasteiger partial charge in [0.1, 0.15) is 0 Å². The van der Waals surface area contributed by atoms with E-state index in [0.717, 1.165) is 5.56 Å². The molecule has 16 heavy (non-hydrogen) atoms. The summed E-state index contributed by atoms with van der Waals surface area (Å²) in [5, 5.41) is 8.90. The van der Waals surface area contributed by atoms with Gasteiger partial charge in [-0.3, -0.25) is 4.79 Å². The molecule has 0 spiro atoms. The summed E-state index contributed by atoms with van der Waals surface area (Å²) in [5.41, 5.74) is 5.72. The second-order valence-electron chi connectivity index (χ2n) is 3.12. The van der Waals surface area contributed by atoms with Gasteiger partial charge in [-0.25, -0.2) is 4.79 Å². The van der Waals surface area contributed by atoms with Crippen LogP contribution in [0, 0.1) is 0 Å². The number of hydrogen-bond acceptors (Lipinski definition) is 2. The maximum Gasteiger partial charge on any atom is 0.337 e. The van der Waals surface area contributed by atoms with Crippen LogP contribution in [0.15, 0.2) is 24.3 Å². The molecule has 1 aromatic carbocycles. The zero-order valence-corrected chi connectivity index (χ0v) is 9.07. The van der Waals surface area contributed by atoms with Crippen molar-refractivity contribution in [2.75, 3.05) is 0 Å². The molecule has 0 atom stereocenters. The van der Waals surface area contributed by atoms with Crippen LogP contribution in [-0.2, 0) is 4.79 Å². The molecule has 4 nitrogen and oxygen atoms in total. The lowest BCUT2D eigenvalue weighted by atomic mass is 10.1. The summed E-state index contributed by atoms with van der Waals surface area (Å²) in [6.07, 6.45) is 3.38. The fraction of sp³-hybridized carbons (Fsp3) is 0.0909. The normalized spacial score (nSPS) is 10.6. The fourth-order valence-electron chi connectivity index (χ4n) is 1.12. The monoisotopic (exact) mass is 239 g/mol. The molecule has 3 N–H and O–H groups in total. The van der Waals surface area contributed by atoms with Gasteiger partial charge in [0.15, 0.2) is 0 Å². The third kappa shape index (κ3) is 3.40. The zero-order chi connectivity index (χ0) is 12.1. The minimum atomic E-state index is -1.07. The number of primary amides is 1. The van der Waals surface area contributed by atoms with E-state index in [0.29, 0.717) is 0 Å². The lowest BCUT2D eigenvalue weighted by molar-refractivity contribution is -0.117. The van der Waals surface area contributed by atoms with Crippen LogP contribution in [0.1, 0.15) is 22.3 Å². The third-order valence-electron chi connectivity index (χ3n) is 1.85. The number of halogens is 1. The van der Waals surface area contributed by atoms with Crippen molar-refractivity contribution in [1.29, 1.82) is 0 Å². The highest BCUT2D eigenvalue weighted by atomic mass is 35.5. The van der Waals surface area contributed by atoms with E-state index in [1.807, 2.05) is 0 Å². The summed E-state index contributed by atoms with van der Waals surface area (Å²) in [7, 11) is 0. The van der Waals surface area contributed by atoms with E-state index in [1.54, 1.807) is 18.2 Å². The number of nitrogens with two attached hydrogens (primary N) is 1. The summed E-state index contributed by atoms with van der Waals surface area (Å²) < 4.78 is 0. The molecule has 0 radical (unpaired) electrons. The van der Waals surface area contributed by atoms with Crippen LogP contribution in [0.2, 0.25) is 5.02 Å². The van der Waals surface area contributed by atoms with Crippen LogP contribution in [0.5, 0.6) is 0 Å². The van der Waals surface area contributed by atoms with E-state index in [4.69, 9.17) is 22.4 Å². The summed E-state index contributed by atoms with van der Waals surface area (Å²) in [6, 6.07) is 4.53. The average molecular weight is 240 g/mol. The third-order valence-corrected chi connectivity index (χ3v) is 2.17. The van der Waals surface area contributed by atoms with E-state index in [9.17, 15) is 9.59 Å². The highest BCUT2D eigenvalue weighted by molar-refractivity contribution is 6.33. The van der Waals surface area contributed by atoms with Crippen LogP contribution in [0.4, 0.5) is 0 Å². The van der Waals surface area contributed by atoms with E-state index >= 15 is 0 Å². The molecule has 0 bridgehead atoms. The zero-order valence-electron chi connectivity index (χ0n) is 8.31. The van der Waals surface area contributed by atoms with Gasteiger partial charge in [0.05, 0.1) is 10.6 Å². The van der Waals surface area contributed by atoms with Crippen LogP contribution in [0.3, 0.4) is 0 Å². The Labute approximate surface area is 97.3 Å². The quantitative estimate of drug-likeness (QED) is 0.842. The lowest BCUT2D eigenvalue weighted by Gasteiger charge is -1.99. The maximum atomic E-state index is 10.7. The fourth-order valence-corrected chi connectivity index (χ4v) is 1.39. The molecule has 0 aliphatic carbocycles. The number of hydrogen-bond donors (Lipinski definition) is 2. The van der Waals surface area contributed by atoms with Crippen LogP contribution < -0.4 is 5.73 Å². The molecule has 0 aliphatic heterocycles. The van der Waals surface area contributed by atoms with Gasteiger partial charge < -0.3 is 10.8 Å². The van der Waals surface area contributed by atoms with E-state index in [1.165, 1.54) is 12.1 Å². The first-order valence-electron chi connectivity index (χ1n) is 4.48. The molecule has 0 fully saturated rings. The molecular formula is C11H10ClNO3. The molecule has 1 aromatic rings. The number of benzene rings is 1. The molecular weight excluding hydrogens is 230 g/mol. The number of carbonyl (C=O) groups is 2. The molecule has 0 unspecified atom stereocenters. The number of rotatable bonds is 4. The average Bonchev–Trinajstić information content (AvgIpc) is 2.16. The second kappa shape index (κ2) is 5.32. The summed E-state index contributed by atoms with van der Waals surface area (Å²) >= 11 is 5.76. The standard InChI is InChI=1S/C11H10ClNO3/c12-9-6-7(2-1-3-10(13)14)4-5-8(9)11(15)16/h1-2,4-6H,3H2,(H2,13,14)(H,15,16).